The van der Waals surface area contributed by atoms with Gasteiger partial charge in [0.05, 0.1) is 0 Å². The van der Waals surface area contributed by atoms with E-state index < -0.39 is 0 Å². The van der Waals surface area contributed by atoms with Crippen LogP contribution in [0.25, 0.3) is 0 Å². The first kappa shape index (κ1) is 13.2. The van der Waals surface area contributed by atoms with Gasteiger partial charge < -0.3 is 5.73 Å². The highest BCUT2D eigenvalue weighted by molar-refractivity contribution is 9.10. The van der Waals surface area contributed by atoms with Gasteiger partial charge in [-0.2, -0.15) is 0 Å². The van der Waals surface area contributed by atoms with Crippen LogP contribution in [-0.2, 0) is 6.42 Å². The minimum atomic E-state index is -0.242. The van der Waals surface area contributed by atoms with Gasteiger partial charge in [-0.05, 0) is 52.2 Å². The molecule has 0 aliphatic carbocycles. The van der Waals surface area contributed by atoms with E-state index in [-0.39, 0.29) is 11.9 Å². The zero-order chi connectivity index (χ0) is 13.1. The van der Waals surface area contributed by atoms with Gasteiger partial charge in [0.25, 0.3) is 0 Å². The first-order valence-corrected chi connectivity index (χ1v) is 6.47. The van der Waals surface area contributed by atoms with Crippen molar-refractivity contribution in [2.24, 2.45) is 5.73 Å². The Bertz CT molecular complexity index is 540. The van der Waals surface area contributed by atoms with Crippen molar-refractivity contribution in [3.8, 4) is 0 Å². The van der Waals surface area contributed by atoms with Crippen molar-refractivity contribution in [2.45, 2.75) is 19.4 Å². The lowest BCUT2D eigenvalue weighted by Crippen LogP contribution is -2.14. The Morgan fingerprint density at radius 1 is 1.33 bits per heavy atom. The van der Waals surface area contributed by atoms with Gasteiger partial charge in [-0.3, -0.25) is 4.98 Å². The molecule has 1 aromatic carbocycles. The third kappa shape index (κ3) is 3.15. The molecule has 1 aromatic heterocycles. The highest BCUT2D eigenvalue weighted by Gasteiger charge is 2.10. The number of aryl methyl sites for hydroxylation is 1. The van der Waals surface area contributed by atoms with Crippen LogP contribution in [0.4, 0.5) is 4.39 Å². The number of aromatic nitrogens is 1. The van der Waals surface area contributed by atoms with E-state index in [2.05, 4.69) is 20.9 Å². The summed E-state index contributed by atoms with van der Waals surface area (Å²) in [5.74, 6) is -0.216. The lowest BCUT2D eigenvalue weighted by Gasteiger charge is -2.12. The molecule has 0 amide bonds. The minimum absolute atomic E-state index is 0.216. The quantitative estimate of drug-likeness (QED) is 0.942. The molecule has 0 spiro atoms. The van der Waals surface area contributed by atoms with Gasteiger partial charge in [0.2, 0.25) is 0 Å². The Labute approximate surface area is 114 Å². The number of hydrogen-bond donors (Lipinski definition) is 1. The van der Waals surface area contributed by atoms with E-state index in [4.69, 9.17) is 5.73 Å². The Morgan fingerprint density at radius 3 is 2.72 bits per heavy atom. The monoisotopic (exact) mass is 308 g/mol. The van der Waals surface area contributed by atoms with Crippen molar-refractivity contribution in [3.05, 3.63) is 63.6 Å². The van der Waals surface area contributed by atoms with E-state index in [0.29, 0.717) is 12.0 Å². The molecular formula is C14H14BrFN2. The average molecular weight is 309 g/mol. The molecule has 1 heterocycles. The average Bonchev–Trinajstić information content (AvgIpc) is 2.35. The van der Waals surface area contributed by atoms with Crippen LogP contribution in [-0.4, -0.2) is 4.98 Å². The molecule has 0 saturated carbocycles. The standard InChI is InChI=1S/C14H14BrFN2/c1-9-2-3-10(6-13(9)16)14(17)7-12-5-4-11(15)8-18-12/h2-6,8,14H,7,17H2,1H3. The molecule has 18 heavy (non-hydrogen) atoms. The first-order valence-electron chi connectivity index (χ1n) is 5.68. The SMILES string of the molecule is Cc1ccc(C(N)Cc2ccc(Br)cn2)cc1F. The van der Waals surface area contributed by atoms with Crippen molar-refractivity contribution in [2.75, 3.05) is 0 Å². The number of pyridine rings is 1. The van der Waals surface area contributed by atoms with Crippen LogP contribution in [0.3, 0.4) is 0 Å². The van der Waals surface area contributed by atoms with Gasteiger partial charge in [0.1, 0.15) is 5.82 Å². The maximum absolute atomic E-state index is 13.5. The molecule has 0 aliphatic rings. The second kappa shape index (κ2) is 5.59. The largest absolute Gasteiger partial charge is 0.324 e. The van der Waals surface area contributed by atoms with Crippen molar-refractivity contribution in [1.29, 1.82) is 0 Å². The summed E-state index contributed by atoms with van der Waals surface area (Å²) in [6, 6.07) is 8.70. The fourth-order valence-corrected chi connectivity index (χ4v) is 1.94. The number of halogens is 2. The van der Waals surface area contributed by atoms with Crippen LogP contribution in [0.5, 0.6) is 0 Å². The summed E-state index contributed by atoms with van der Waals surface area (Å²) >= 11 is 3.33. The zero-order valence-corrected chi connectivity index (χ0v) is 11.6. The Balaban J connectivity index is 2.13. The second-order valence-electron chi connectivity index (χ2n) is 4.29. The third-order valence-electron chi connectivity index (χ3n) is 2.84. The highest BCUT2D eigenvalue weighted by atomic mass is 79.9. The Morgan fingerprint density at radius 2 is 2.11 bits per heavy atom. The van der Waals surface area contributed by atoms with E-state index in [1.165, 1.54) is 6.07 Å². The molecule has 4 heteroatoms. The fourth-order valence-electron chi connectivity index (χ4n) is 1.71. The lowest BCUT2D eigenvalue weighted by atomic mass is 10.0. The Kier molecular flexibility index (Phi) is 4.09. The lowest BCUT2D eigenvalue weighted by molar-refractivity contribution is 0.609. The number of nitrogens with two attached hydrogens (primary N) is 1. The van der Waals surface area contributed by atoms with Crippen molar-refractivity contribution in [1.82, 2.24) is 4.98 Å². The molecule has 2 aromatic rings. The zero-order valence-electron chi connectivity index (χ0n) is 10.0. The topological polar surface area (TPSA) is 38.9 Å². The molecule has 0 saturated heterocycles. The van der Waals surface area contributed by atoms with Gasteiger partial charge in [-0.1, -0.05) is 12.1 Å². The van der Waals surface area contributed by atoms with Gasteiger partial charge in [-0.15, -0.1) is 0 Å². The summed E-state index contributed by atoms with van der Waals surface area (Å²) in [6.45, 7) is 1.74. The van der Waals surface area contributed by atoms with Crippen molar-refractivity contribution < 1.29 is 4.39 Å². The summed E-state index contributed by atoms with van der Waals surface area (Å²) in [6.07, 6.45) is 2.33. The van der Waals surface area contributed by atoms with Gasteiger partial charge in [0.15, 0.2) is 0 Å². The van der Waals surface area contributed by atoms with Crippen molar-refractivity contribution in [3.63, 3.8) is 0 Å². The summed E-state index contributed by atoms with van der Waals surface area (Å²) in [7, 11) is 0. The van der Waals surface area contributed by atoms with E-state index in [0.717, 1.165) is 15.7 Å². The fraction of sp³-hybridized carbons (Fsp3) is 0.214. The second-order valence-corrected chi connectivity index (χ2v) is 5.20. The van der Waals surface area contributed by atoms with E-state index in [1.54, 1.807) is 19.2 Å². The predicted molar refractivity (Wildman–Crippen MR) is 73.7 cm³/mol. The van der Waals surface area contributed by atoms with Crippen LogP contribution in [0.1, 0.15) is 22.9 Å². The van der Waals surface area contributed by atoms with Crippen LogP contribution < -0.4 is 5.73 Å². The van der Waals surface area contributed by atoms with E-state index in [1.807, 2.05) is 18.2 Å². The molecule has 0 bridgehead atoms. The molecule has 94 valence electrons. The van der Waals surface area contributed by atoms with Crippen LogP contribution in [0.2, 0.25) is 0 Å². The third-order valence-corrected chi connectivity index (χ3v) is 3.31. The smallest absolute Gasteiger partial charge is 0.126 e. The normalized spacial score (nSPS) is 12.4. The van der Waals surface area contributed by atoms with Crippen LogP contribution in [0, 0.1) is 12.7 Å². The van der Waals surface area contributed by atoms with Crippen LogP contribution in [0.15, 0.2) is 41.0 Å². The maximum Gasteiger partial charge on any atom is 0.126 e. The molecule has 2 rings (SSSR count). The van der Waals surface area contributed by atoms with Crippen LogP contribution >= 0.6 is 15.9 Å². The maximum atomic E-state index is 13.5. The molecule has 2 N–H and O–H groups in total. The molecule has 1 unspecified atom stereocenters. The van der Waals surface area contributed by atoms with Gasteiger partial charge >= 0.3 is 0 Å². The molecule has 0 aliphatic heterocycles. The number of rotatable bonds is 3. The minimum Gasteiger partial charge on any atom is -0.324 e. The summed E-state index contributed by atoms with van der Waals surface area (Å²) in [5, 5.41) is 0. The summed E-state index contributed by atoms with van der Waals surface area (Å²) < 4.78 is 14.4. The molecule has 2 nitrogen and oxygen atoms in total. The predicted octanol–water partition coefficient (Wildman–Crippen LogP) is 3.53. The molecular weight excluding hydrogens is 295 g/mol. The van der Waals surface area contributed by atoms with E-state index in [9.17, 15) is 4.39 Å². The first-order chi connectivity index (χ1) is 8.56. The Hall–Kier alpha value is -1.26. The van der Waals surface area contributed by atoms with Gasteiger partial charge in [0, 0.05) is 28.8 Å². The number of nitrogens with zero attached hydrogens (tertiary/aromatic N) is 1. The molecule has 0 fully saturated rings. The van der Waals surface area contributed by atoms with Gasteiger partial charge in [-0.25, -0.2) is 4.39 Å². The highest BCUT2D eigenvalue weighted by Crippen LogP contribution is 2.18. The summed E-state index contributed by atoms with van der Waals surface area (Å²) in [4.78, 5) is 4.26. The van der Waals surface area contributed by atoms with Crippen molar-refractivity contribution >= 4 is 15.9 Å². The van der Waals surface area contributed by atoms with E-state index >= 15 is 0 Å². The number of benzene rings is 1. The summed E-state index contributed by atoms with van der Waals surface area (Å²) in [5.41, 5.74) is 8.39. The number of hydrogen-bond acceptors (Lipinski definition) is 2. The molecule has 0 radical (unpaired) electrons. The molecule has 1 atom stereocenters.